The maximum atomic E-state index is 15.8. The summed E-state index contributed by atoms with van der Waals surface area (Å²) < 4.78 is 87.4. The van der Waals surface area contributed by atoms with Crippen LogP contribution in [0.2, 0.25) is 0 Å². The molecule has 188 valence electrons. The number of benzene rings is 2. The number of aromatic nitrogens is 5. The SMILES string of the molecule is O[C@](Cn1cnnn1)(c1ccc(F)cc1)C(F)(F)c1ccc(-c2ccc(OCC(F)(F)F)cc2)cn1. The zero-order valence-corrected chi connectivity index (χ0v) is 18.2. The van der Waals surface area contributed by atoms with E-state index in [1.807, 2.05) is 0 Å². The van der Waals surface area contributed by atoms with Gasteiger partial charge in [0.2, 0.25) is 0 Å². The van der Waals surface area contributed by atoms with Crippen LogP contribution < -0.4 is 4.74 Å². The number of tetrazole rings is 1. The molecule has 13 heteroatoms. The third kappa shape index (κ3) is 5.30. The zero-order chi connectivity index (χ0) is 26.0. The normalized spacial score (nSPS) is 13.9. The number of rotatable bonds is 8. The standard InChI is InChI=1S/C23H17F6N5O2/c24-18-6-4-17(5-7-18)21(35,12-34-14-31-32-33-34)23(28,29)20-10-3-16(11-30-20)15-1-8-19(9-2-15)36-13-22(25,26)27/h1-11,14,35H,12-13H2/t21-/m1/s1. The Hall–Kier alpha value is -4.00. The Bertz CT molecular complexity index is 1280. The number of halogens is 6. The van der Waals surface area contributed by atoms with Gasteiger partial charge in [0, 0.05) is 11.8 Å². The first kappa shape index (κ1) is 25.1. The quantitative estimate of drug-likeness (QED) is 0.352. The van der Waals surface area contributed by atoms with Crippen molar-refractivity contribution in [1.82, 2.24) is 25.2 Å². The van der Waals surface area contributed by atoms with Crippen LogP contribution in [0.4, 0.5) is 26.3 Å². The number of nitrogens with zero attached hydrogens (tertiary/aromatic N) is 5. The molecule has 2 heterocycles. The summed E-state index contributed by atoms with van der Waals surface area (Å²) in [5.74, 6) is -4.67. The molecule has 0 aliphatic carbocycles. The van der Waals surface area contributed by atoms with Crippen LogP contribution in [0.1, 0.15) is 11.3 Å². The van der Waals surface area contributed by atoms with Gasteiger partial charge in [-0.1, -0.05) is 30.3 Å². The van der Waals surface area contributed by atoms with E-state index < -0.39 is 42.4 Å². The Balaban J connectivity index is 1.61. The van der Waals surface area contributed by atoms with Gasteiger partial charge in [-0.3, -0.25) is 4.98 Å². The number of ether oxygens (including phenoxy) is 1. The molecule has 0 amide bonds. The molecule has 2 aromatic heterocycles. The second-order valence-corrected chi connectivity index (χ2v) is 7.81. The lowest BCUT2D eigenvalue weighted by molar-refractivity contribution is -0.206. The number of pyridine rings is 1. The Morgan fingerprint density at radius 1 is 0.861 bits per heavy atom. The van der Waals surface area contributed by atoms with Crippen molar-refractivity contribution in [2.24, 2.45) is 0 Å². The lowest BCUT2D eigenvalue weighted by Gasteiger charge is -2.35. The Labute approximate surface area is 200 Å². The molecule has 1 atom stereocenters. The monoisotopic (exact) mass is 509 g/mol. The maximum absolute atomic E-state index is 15.8. The highest BCUT2D eigenvalue weighted by Gasteiger charge is 2.56. The summed E-state index contributed by atoms with van der Waals surface area (Å²) in [6, 6.07) is 11.8. The van der Waals surface area contributed by atoms with Crippen molar-refractivity contribution < 1.29 is 36.2 Å². The largest absolute Gasteiger partial charge is 0.484 e. The van der Waals surface area contributed by atoms with Crippen molar-refractivity contribution in [1.29, 1.82) is 0 Å². The predicted molar refractivity (Wildman–Crippen MR) is 113 cm³/mol. The highest BCUT2D eigenvalue weighted by Crippen LogP contribution is 2.46. The van der Waals surface area contributed by atoms with Gasteiger partial charge < -0.3 is 9.84 Å². The fourth-order valence-electron chi connectivity index (χ4n) is 3.46. The van der Waals surface area contributed by atoms with Gasteiger partial charge in [0.1, 0.15) is 23.6 Å². The molecule has 0 bridgehead atoms. The van der Waals surface area contributed by atoms with Crippen LogP contribution in [-0.2, 0) is 18.1 Å². The van der Waals surface area contributed by atoms with Crippen molar-refractivity contribution in [2.75, 3.05) is 6.61 Å². The van der Waals surface area contributed by atoms with Crippen molar-refractivity contribution in [2.45, 2.75) is 24.2 Å². The van der Waals surface area contributed by atoms with Crippen LogP contribution in [-0.4, -0.2) is 43.1 Å². The van der Waals surface area contributed by atoms with Crippen LogP contribution in [0.25, 0.3) is 11.1 Å². The number of alkyl halides is 5. The molecule has 0 radical (unpaired) electrons. The molecule has 7 nitrogen and oxygen atoms in total. The van der Waals surface area contributed by atoms with Crippen LogP contribution in [0.3, 0.4) is 0 Å². The second-order valence-electron chi connectivity index (χ2n) is 7.81. The summed E-state index contributed by atoms with van der Waals surface area (Å²) in [6.07, 6.45) is -2.30. The molecule has 0 aliphatic heterocycles. The van der Waals surface area contributed by atoms with Crippen molar-refractivity contribution >= 4 is 0 Å². The Morgan fingerprint density at radius 3 is 2.08 bits per heavy atom. The van der Waals surface area contributed by atoms with Gasteiger partial charge in [-0.2, -0.15) is 22.0 Å². The lowest BCUT2D eigenvalue weighted by atomic mass is 9.85. The molecule has 0 saturated carbocycles. The van der Waals surface area contributed by atoms with E-state index in [0.717, 1.165) is 47.5 Å². The van der Waals surface area contributed by atoms with E-state index in [1.165, 1.54) is 30.3 Å². The highest BCUT2D eigenvalue weighted by atomic mass is 19.4. The van der Waals surface area contributed by atoms with Crippen molar-refractivity contribution in [3.8, 4) is 16.9 Å². The molecule has 0 aliphatic rings. The maximum Gasteiger partial charge on any atom is 0.422 e. The first-order valence-electron chi connectivity index (χ1n) is 10.3. The van der Waals surface area contributed by atoms with Gasteiger partial charge >= 0.3 is 12.1 Å². The fourth-order valence-corrected chi connectivity index (χ4v) is 3.46. The molecule has 36 heavy (non-hydrogen) atoms. The zero-order valence-electron chi connectivity index (χ0n) is 18.2. The van der Waals surface area contributed by atoms with E-state index in [9.17, 15) is 22.7 Å². The number of hydrogen-bond acceptors (Lipinski definition) is 6. The second kappa shape index (κ2) is 9.57. The smallest absolute Gasteiger partial charge is 0.422 e. The van der Waals surface area contributed by atoms with E-state index in [-0.39, 0.29) is 11.3 Å². The van der Waals surface area contributed by atoms with Gasteiger partial charge in [-0.15, -0.1) is 5.10 Å². The summed E-state index contributed by atoms with van der Waals surface area (Å²) >= 11 is 0. The molecule has 4 aromatic rings. The minimum atomic E-state index is -4.48. The average molecular weight is 509 g/mol. The number of hydrogen-bond donors (Lipinski definition) is 1. The molecule has 0 saturated heterocycles. The summed E-state index contributed by atoms with van der Waals surface area (Å²) in [4.78, 5) is 3.83. The van der Waals surface area contributed by atoms with E-state index in [1.54, 1.807) is 0 Å². The average Bonchev–Trinajstić information content (AvgIpc) is 3.36. The molecular formula is C23H17F6N5O2. The Kier molecular flexibility index (Phi) is 6.67. The molecular weight excluding hydrogens is 492 g/mol. The van der Waals surface area contributed by atoms with E-state index in [2.05, 4.69) is 25.2 Å². The fraction of sp³-hybridized carbons (Fsp3) is 0.217. The van der Waals surface area contributed by atoms with Crippen LogP contribution in [0, 0.1) is 5.82 Å². The summed E-state index contributed by atoms with van der Waals surface area (Å²) in [5.41, 5.74) is -3.09. The topological polar surface area (TPSA) is 86.0 Å². The molecule has 4 rings (SSSR count). The van der Waals surface area contributed by atoms with E-state index in [4.69, 9.17) is 0 Å². The summed E-state index contributed by atoms with van der Waals surface area (Å²) in [5, 5.41) is 21.5. The van der Waals surface area contributed by atoms with Gasteiger partial charge in [0.05, 0.1) is 6.54 Å². The lowest BCUT2D eigenvalue weighted by Crippen LogP contribution is -2.47. The first-order valence-corrected chi connectivity index (χ1v) is 10.3. The van der Waals surface area contributed by atoms with Gasteiger partial charge in [-0.05, 0) is 51.9 Å². The molecule has 1 N–H and O–H groups in total. The van der Waals surface area contributed by atoms with Gasteiger partial charge in [-0.25, -0.2) is 9.07 Å². The first-order chi connectivity index (χ1) is 17.0. The third-order valence-electron chi connectivity index (χ3n) is 5.30. The van der Waals surface area contributed by atoms with E-state index >= 15 is 8.78 Å². The number of aliphatic hydroxyl groups is 1. The molecule has 0 fully saturated rings. The minimum absolute atomic E-state index is 0.0147. The van der Waals surface area contributed by atoms with Gasteiger partial charge in [0.25, 0.3) is 0 Å². The van der Waals surface area contributed by atoms with Crippen molar-refractivity contribution in [3.05, 3.63) is 90.3 Å². The van der Waals surface area contributed by atoms with Crippen LogP contribution in [0.15, 0.2) is 73.2 Å². The van der Waals surface area contributed by atoms with Crippen molar-refractivity contribution in [3.63, 3.8) is 0 Å². The van der Waals surface area contributed by atoms with Crippen LogP contribution in [0.5, 0.6) is 5.75 Å². The third-order valence-corrected chi connectivity index (χ3v) is 5.30. The van der Waals surface area contributed by atoms with E-state index in [0.29, 0.717) is 11.1 Å². The molecule has 2 aromatic carbocycles. The highest BCUT2D eigenvalue weighted by molar-refractivity contribution is 5.63. The van der Waals surface area contributed by atoms with Gasteiger partial charge in [0.15, 0.2) is 12.2 Å². The predicted octanol–water partition coefficient (Wildman–Crippen LogP) is 4.50. The minimum Gasteiger partial charge on any atom is -0.484 e. The molecule has 0 unspecified atom stereocenters. The summed E-state index contributed by atoms with van der Waals surface area (Å²) in [7, 11) is 0. The molecule has 0 spiro atoms. The van der Waals surface area contributed by atoms with Crippen LogP contribution >= 0.6 is 0 Å². The summed E-state index contributed by atoms with van der Waals surface area (Å²) in [6.45, 7) is -2.21. The Morgan fingerprint density at radius 2 is 1.53 bits per heavy atom.